The second kappa shape index (κ2) is 4.53. The van der Waals surface area contributed by atoms with Crippen molar-refractivity contribution in [2.75, 3.05) is 19.5 Å². The summed E-state index contributed by atoms with van der Waals surface area (Å²) in [6, 6.07) is 5.60. The highest BCUT2D eigenvalue weighted by Gasteiger charge is 2.26. The van der Waals surface area contributed by atoms with E-state index in [2.05, 4.69) is 10.3 Å². The van der Waals surface area contributed by atoms with Crippen LogP contribution in [0.1, 0.15) is 11.6 Å². The summed E-state index contributed by atoms with van der Waals surface area (Å²) in [7, 11) is 1.63. The molecule has 18 heavy (non-hydrogen) atoms. The van der Waals surface area contributed by atoms with Crippen molar-refractivity contribution in [3.63, 3.8) is 0 Å². The first kappa shape index (κ1) is 11.4. The number of amides is 1. The third-order valence-corrected chi connectivity index (χ3v) is 3.72. The summed E-state index contributed by atoms with van der Waals surface area (Å²) in [5.74, 6) is 2.06. The molecular weight excluding hydrogens is 252 g/mol. The Hall–Kier alpha value is -1.69. The lowest BCUT2D eigenvalue weighted by atomic mass is 10.1. The van der Waals surface area contributed by atoms with Gasteiger partial charge in [-0.15, -0.1) is 0 Å². The van der Waals surface area contributed by atoms with E-state index in [1.807, 2.05) is 18.2 Å². The Labute approximate surface area is 109 Å². The van der Waals surface area contributed by atoms with E-state index in [1.54, 1.807) is 7.11 Å². The van der Waals surface area contributed by atoms with E-state index in [-0.39, 0.29) is 11.9 Å². The van der Waals surface area contributed by atoms with Crippen LogP contribution in [0.3, 0.4) is 0 Å². The molecule has 1 unspecified atom stereocenters. The van der Waals surface area contributed by atoms with Crippen LogP contribution < -0.4 is 14.8 Å². The third kappa shape index (κ3) is 2.03. The standard InChI is InChI=1S/C12H12N2O3S/c1-16-7-2-3-10-8(4-7)9(5-17-10)13-12-14-11(15)6-18-12/h2-4,9H,5-6H2,1H3,(H,13,14,15). The van der Waals surface area contributed by atoms with E-state index in [9.17, 15) is 4.79 Å². The molecule has 1 atom stereocenters. The van der Waals surface area contributed by atoms with Crippen LogP contribution in [0, 0.1) is 0 Å². The minimum atomic E-state index is -0.0731. The van der Waals surface area contributed by atoms with Crippen LogP contribution in [-0.2, 0) is 4.79 Å². The average Bonchev–Trinajstić information content (AvgIpc) is 2.96. The van der Waals surface area contributed by atoms with Gasteiger partial charge in [0.25, 0.3) is 0 Å². The number of aliphatic imine (C=N–C) groups is 1. The molecule has 1 aromatic rings. The molecular formula is C12H12N2O3S. The van der Waals surface area contributed by atoms with E-state index >= 15 is 0 Å². The highest BCUT2D eigenvalue weighted by atomic mass is 32.2. The molecule has 0 bridgehead atoms. The fourth-order valence-electron chi connectivity index (χ4n) is 1.95. The molecule has 5 nitrogen and oxygen atoms in total. The highest BCUT2D eigenvalue weighted by Crippen LogP contribution is 2.37. The van der Waals surface area contributed by atoms with Gasteiger partial charge >= 0.3 is 0 Å². The van der Waals surface area contributed by atoms with Crippen LogP contribution in [0.2, 0.25) is 0 Å². The Balaban J connectivity index is 1.87. The molecule has 0 spiro atoms. The maximum atomic E-state index is 11.1. The van der Waals surface area contributed by atoms with Gasteiger partial charge in [-0.05, 0) is 18.2 Å². The van der Waals surface area contributed by atoms with E-state index in [1.165, 1.54) is 11.8 Å². The number of benzene rings is 1. The number of nitrogens with zero attached hydrogens (tertiary/aromatic N) is 1. The Morgan fingerprint density at radius 1 is 1.56 bits per heavy atom. The van der Waals surface area contributed by atoms with E-state index in [0.717, 1.165) is 17.1 Å². The van der Waals surface area contributed by atoms with E-state index < -0.39 is 0 Å². The summed E-state index contributed by atoms with van der Waals surface area (Å²) >= 11 is 1.42. The maximum Gasteiger partial charge on any atom is 0.236 e. The molecule has 2 aliphatic rings. The number of carbonyl (C=O) groups is 1. The van der Waals surface area contributed by atoms with Crippen LogP contribution in [0.15, 0.2) is 23.2 Å². The molecule has 1 amide bonds. The molecule has 6 heteroatoms. The molecule has 3 rings (SSSR count). The maximum absolute atomic E-state index is 11.1. The van der Waals surface area contributed by atoms with Crippen molar-refractivity contribution in [1.82, 2.24) is 5.32 Å². The smallest absolute Gasteiger partial charge is 0.236 e. The Kier molecular flexibility index (Phi) is 2.87. The van der Waals surface area contributed by atoms with Gasteiger partial charge in [0.2, 0.25) is 5.91 Å². The SMILES string of the molecule is COc1ccc2c(c1)C(N=C1NC(=O)CS1)CO2. The van der Waals surface area contributed by atoms with Crippen molar-refractivity contribution in [3.05, 3.63) is 23.8 Å². The summed E-state index contributed by atoms with van der Waals surface area (Å²) in [4.78, 5) is 15.6. The first-order valence-corrected chi connectivity index (χ1v) is 6.56. The molecule has 0 saturated carbocycles. The average molecular weight is 264 g/mol. The van der Waals surface area contributed by atoms with Crippen LogP contribution in [-0.4, -0.2) is 30.5 Å². The zero-order valence-electron chi connectivity index (χ0n) is 9.80. The lowest BCUT2D eigenvalue weighted by Gasteiger charge is -2.06. The zero-order chi connectivity index (χ0) is 12.5. The number of nitrogens with one attached hydrogen (secondary N) is 1. The lowest BCUT2D eigenvalue weighted by molar-refractivity contribution is -0.116. The van der Waals surface area contributed by atoms with Gasteiger partial charge in [0.1, 0.15) is 24.1 Å². The topological polar surface area (TPSA) is 59.9 Å². The summed E-state index contributed by atoms with van der Waals surface area (Å²) < 4.78 is 10.8. The highest BCUT2D eigenvalue weighted by molar-refractivity contribution is 8.15. The van der Waals surface area contributed by atoms with Crippen LogP contribution in [0.5, 0.6) is 11.5 Å². The number of amidine groups is 1. The summed E-state index contributed by atoms with van der Waals surface area (Å²) in [5, 5.41) is 3.40. The van der Waals surface area contributed by atoms with Crippen LogP contribution in [0.25, 0.3) is 0 Å². The minimum absolute atomic E-state index is 0.00327. The number of methoxy groups -OCH3 is 1. The second-order valence-corrected chi connectivity index (χ2v) is 4.97. The summed E-state index contributed by atoms with van der Waals surface area (Å²) in [6.45, 7) is 0.502. The molecule has 1 fully saturated rings. The predicted molar refractivity (Wildman–Crippen MR) is 69.3 cm³/mol. The number of ether oxygens (including phenoxy) is 2. The molecule has 2 aliphatic heterocycles. The lowest BCUT2D eigenvalue weighted by Crippen LogP contribution is -2.21. The van der Waals surface area contributed by atoms with E-state index in [0.29, 0.717) is 17.5 Å². The van der Waals surface area contributed by atoms with Crippen molar-refractivity contribution >= 4 is 22.8 Å². The zero-order valence-corrected chi connectivity index (χ0v) is 10.6. The summed E-state index contributed by atoms with van der Waals surface area (Å²) in [6.07, 6.45) is 0. The minimum Gasteiger partial charge on any atom is -0.497 e. The van der Waals surface area contributed by atoms with Gasteiger partial charge in [0.15, 0.2) is 5.17 Å². The van der Waals surface area contributed by atoms with Gasteiger partial charge in [0, 0.05) is 5.56 Å². The molecule has 0 aliphatic carbocycles. The molecule has 0 radical (unpaired) electrons. The van der Waals surface area contributed by atoms with Crippen molar-refractivity contribution < 1.29 is 14.3 Å². The number of hydrogen-bond donors (Lipinski definition) is 1. The van der Waals surface area contributed by atoms with Gasteiger partial charge in [-0.25, -0.2) is 0 Å². The normalized spacial score (nSPS) is 23.7. The molecule has 94 valence electrons. The molecule has 1 aromatic carbocycles. The Bertz CT molecular complexity index is 530. The quantitative estimate of drug-likeness (QED) is 0.876. The number of thioether (sulfide) groups is 1. The van der Waals surface area contributed by atoms with Crippen molar-refractivity contribution in [2.24, 2.45) is 4.99 Å². The number of carbonyl (C=O) groups excluding carboxylic acids is 1. The first-order chi connectivity index (χ1) is 8.76. The molecule has 1 N–H and O–H groups in total. The molecule has 2 heterocycles. The van der Waals surface area contributed by atoms with Crippen LogP contribution in [0.4, 0.5) is 0 Å². The Morgan fingerprint density at radius 3 is 3.17 bits per heavy atom. The third-order valence-electron chi connectivity index (χ3n) is 2.83. The fraction of sp³-hybridized carbons (Fsp3) is 0.333. The largest absolute Gasteiger partial charge is 0.497 e. The van der Waals surface area contributed by atoms with Crippen molar-refractivity contribution in [1.29, 1.82) is 0 Å². The van der Waals surface area contributed by atoms with Gasteiger partial charge in [0.05, 0.1) is 12.9 Å². The predicted octanol–water partition coefficient (Wildman–Crippen LogP) is 1.35. The Morgan fingerprint density at radius 2 is 2.44 bits per heavy atom. The van der Waals surface area contributed by atoms with Crippen molar-refractivity contribution in [2.45, 2.75) is 6.04 Å². The number of hydrogen-bond acceptors (Lipinski definition) is 5. The fourth-order valence-corrected chi connectivity index (χ4v) is 2.67. The van der Waals surface area contributed by atoms with Gasteiger partial charge in [-0.2, -0.15) is 0 Å². The van der Waals surface area contributed by atoms with Crippen molar-refractivity contribution in [3.8, 4) is 11.5 Å². The number of fused-ring (bicyclic) bond motifs is 1. The monoisotopic (exact) mass is 264 g/mol. The second-order valence-electron chi connectivity index (χ2n) is 4.00. The van der Waals surface area contributed by atoms with Gasteiger partial charge in [-0.1, -0.05) is 11.8 Å². The van der Waals surface area contributed by atoms with Gasteiger partial charge in [-0.3, -0.25) is 9.79 Å². The molecule has 1 saturated heterocycles. The summed E-state index contributed by atoms with van der Waals surface area (Å²) in [5.41, 5.74) is 1.00. The number of rotatable bonds is 2. The molecule has 0 aromatic heterocycles. The van der Waals surface area contributed by atoms with Gasteiger partial charge < -0.3 is 14.8 Å². The van der Waals surface area contributed by atoms with E-state index in [4.69, 9.17) is 9.47 Å². The van der Waals surface area contributed by atoms with Crippen LogP contribution >= 0.6 is 11.8 Å². The first-order valence-electron chi connectivity index (χ1n) is 5.57.